The van der Waals surface area contributed by atoms with E-state index in [9.17, 15) is 9.90 Å². The van der Waals surface area contributed by atoms with Crippen LogP contribution in [0.5, 0.6) is 5.75 Å². The largest absolute Gasteiger partial charge is 0.508 e. The number of nitrogens with one attached hydrogen (secondary N) is 1. The number of hydrogen-bond donors (Lipinski definition) is 2. The Morgan fingerprint density at radius 1 is 1.13 bits per heavy atom. The SMILES string of the molecule is Cc1ccc(C)c(SCC(=O)NCCCc2ccc(O)cc2)c1. The number of hydrogen-bond acceptors (Lipinski definition) is 3. The Kier molecular flexibility index (Phi) is 6.53. The number of phenols is 1. The maximum Gasteiger partial charge on any atom is 0.230 e. The summed E-state index contributed by atoms with van der Waals surface area (Å²) in [6, 6.07) is 13.5. The van der Waals surface area contributed by atoms with Crippen molar-refractivity contribution in [2.75, 3.05) is 12.3 Å². The van der Waals surface area contributed by atoms with Gasteiger partial charge in [0.15, 0.2) is 0 Å². The molecule has 1 amide bonds. The molecule has 0 saturated carbocycles. The molecule has 0 radical (unpaired) electrons. The van der Waals surface area contributed by atoms with Gasteiger partial charge in [-0.2, -0.15) is 0 Å². The third kappa shape index (κ3) is 5.99. The summed E-state index contributed by atoms with van der Waals surface area (Å²) in [4.78, 5) is 13.1. The highest BCUT2D eigenvalue weighted by Crippen LogP contribution is 2.23. The minimum atomic E-state index is 0.0709. The summed E-state index contributed by atoms with van der Waals surface area (Å²) in [5.74, 6) is 0.802. The second-order valence-corrected chi connectivity index (χ2v) is 6.69. The van der Waals surface area contributed by atoms with E-state index in [1.807, 2.05) is 12.1 Å². The van der Waals surface area contributed by atoms with Gasteiger partial charge in [0.05, 0.1) is 5.75 Å². The van der Waals surface area contributed by atoms with Crippen LogP contribution in [0.1, 0.15) is 23.1 Å². The van der Waals surface area contributed by atoms with Gasteiger partial charge in [0.2, 0.25) is 5.91 Å². The van der Waals surface area contributed by atoms with Gasteiger partial charge in [0.1, 0.15) is 5.75 Å². The number of rotatable bonds is 7. The van der Waals surface area contributed by atoms with Crippen LogP contribution in [-0.4, -0.2) is 23.3 Å². The van der Waals surface area contributed by atoms with Crippen LogP contribution in [0.4, 0.5) is 0 Å². The molecule has 2 aromatic carbocycles. The molecular formula is C19H23NO2S. The van der Waals surface area contributed by atoms with Crippen molar-refractivity contribution in [1.29, 1.82) is 0 Å². The Bertz CT molecular complexity index is 653. The van der Waals surface area contributed by atoms with Crippen molar-refractivity contribution >= 4 is 17.7 Å². The molecule has 0 aliphatic rings. The highest BCUT2D eigenvalue weighted by atomic mass is 32.2. The van der Waals surface area contributed by atoms with E-state index in [-0.39, 0.29) is 11.7 Å². The first-order valence-electron chi connectivity index (χ1n) is 7.79. The van der Waals surface area contributed by atoms with Crippen molar-refractivity contribution in [3.8, 4) is 5.75 Å². The summed E-state index contributed by atoms with van der Waals surface area (Å²) in [5.41, 5.74) is 3.59. The lowest BCUT2D eigenvalue weighted by Crippen LogP contribution is -2.26. The van der Waals surface area contributed by atoms with Crippen LogP contribution in [-0.2, 0) is 11.2 Å². The second-order valence-electron chi connectivity index (χ2n) is 5.68. The fourth-order valence-electron chi connectivity index (χ4n) is 2.24. The Morgan fingerprint density at radius 2 is 1.87 bits per heavy atom. The molecule has 0 bridgehead atoms. The Labute approximate surface area is 142 Å². The van der Waals surface area contributed by atoms with E-state index in [4.69, 9.17) is 0 Å². The fraction of sp³-hybridized carbons (Fsp3) is 0.316. The molecule has 23 heavy (non-hydrogen) atoms. The molecule has 0 atom stereocenters. The minimum absolute atomic E-state index is 0.0709. The van der Waals surface area contributed by atoms with E-state index in [1.165, 1.54) is 21.6 Å². The number of amides is 1. The molecule has 2 N–H and O–H groups in total. The zero-order valence-electron chi connectivity index (χ0n) is 13.6. The average Bonchev–Trinajstić information content (AvgIpc) is 2.54. The lowest BCUT2D eigenvalue weighted by atomic mass is 10.1. The number of benzene rings is 2. The van der Waals surface area contributed by atoms with E-state index in [1.54, 1.807) is 23.9 Å². The van der Waals surface area contributed by atoms with Gasteiger partial charge >= 0.3 is 0 Å². The van der Waals surface area contributed by atoms with Gasteiger partial charge in [0, 0.05) is 11.4 Å². The van der Waals surface area contributed by atoms with Crippen molar-refractivity contribution in [3.63, 3.8) is 0 Å². The van der Waals surface area contributed by atoms with Gasteiger partial charge < -0.3 is 10.4 Å². The van der Waals surface area contributed by atoms with Gasteiger partial charge in [-0.3, -0.25) is 4.79 Å². The van der Waals surface area contributed by atoms with E-state index in [2.05, 4.69) is 37.4 Å². The monoisotopic (exact) mass is 329 g/mol. The highest BCUT2D eigenvalue weighted by molar-refractivity contribution is 8.00. The Balaban J connectivity index is 1.67. The smallest absolute Gasteiger partial charge is 0.230 e. The molecule has 0 heterocycles. The average molecular weight is 329 g/mol. The molecule has 0 aromatic heterocycles. The van der Waals surface area contributed by atoms with Gasteiger partial charge in [-0.05, 0) is 56.0 Å². The van der Waals surface area contributed by atoms with Crippen LogP contribution in [0.25, 0.3) is 0 Å². The first kappa shape index (κ1) is 17.4. The standard InChI is InChI=1S/C19H23NO2S/c1-14-5-6-15(2)18(12-14)23-13-19(22)20-11-3-4-16-7-9-17(21)10-8-16/h5-10,12,21H,3-4,11,13H2,1-2H3,(H,20,22). The maximum absolute atomic E-state index is 11.9. The predicted octanol–water partition coefficient (Wildman–Crippen LogP) is 3.85. The quantitative estimate of drug-likeness (QED) is 0.599. The first-order valence-corrected chi connectivity index (χ1v) is 8.78. The molecule has 4 heteroatoms. The summed E-state index contributed by atoms with van der Waals surface area (Å²) in [6.45, 7) is 4.80. The van der Waals surface area contributed by atoms with Gasteiger partial charge in [-0.15, -0.1) is 11.8 Å². The normalized spacial score (nSPS) is 10.5. The molecular weight excluding hydrogens is 306 g/mol. The zero-order chi connectivity index (χ0) is 16.7. The summed E-state index contributed by atoms with van der Waals surface area (Å²) in [5, 5.41) is 12.2. The lowest BCUT2D eigenvalue weighted by Gasteiger charge is -2.08. The molecule has 122 valence electrons. The van der Waals surface area contributed by atoms with Crippen LogP contribution >= 0.6 is 11.8 Å². The number of aryl methyl sites for hydroxylation is 3. The minimum Gasteiger partial charge on any atom is -0.508 e. The molecule has 2 aromatic rings. The topological polar surface area (TPSA) is 49.3 Å². The molecule has 0 aliphatic carbocycles. The number of carbonyl (C=O) groups excluding carboxylic acids is 1. The first-order chi connectivity index (χ1) is 11.0. The number of carbonyl (C=O) groups is 1. The number of thioether (sulfide) groups is 1. The van der Waals surface area contributed by atoms with Crippen molar-refractivity contribution in [3.05, 3.63) is 59.2 Å². The van der Waals surface area contributed by atoms with Crippen molar-refractivity contribution in [2.45, 2.75) is 31.6 Å². The summed E-state index contributed by atoms with van der Waals surface area (Å²) in [7, 11) is 0. The molecule has 3 nitrogen and oxygen atoms in total. The highest BCUT2D eigenvalue weighted by Gasteiger charge is 2.05. The maximum atomic E-state index is 11.9. The van der Waals surface area contributed by atoms with Gasteiger partial charge in [-0.25, -0.2) is 0 Å². The predicted molar refractivity (Wildman–Crippen MR) is 96.1 cm³/mol. The van der Waals surface area contributed by atoms with Crippen LogP contribution in [0.2, 0.25) is 0 Å². The van der Waals surface area contributed by atoms with Crippen LogP contribution < -0.4 is 5.32 Å². The summed E-state index contributed by atoms with van der Waals surface area (Å²) < 4.78 is 0. The van der Waals surface area contributed by atoms with Crippen molar-refractivity contribution in [2.24, 2.45) is 0 Å². The summed E-state index contributed by atoms with van der Waals surface area (Å²) in [6.07, 6.45) is 1.79. The van der Waals surface area contributed by atoms with Crippen molar-refractivity contribution in [1.82, 2.24) is 5.32 Å². The van der Waals surface area contributed by atoms with Gasteiger partial charge in [0.25, 0.3) is 0 Å². The zero-order valence-corrected chi connectivity index (χ0v) is 14.5. The van der Waals surface area contributed by atoms with E-state index < -0.39 is 0 Å². The molecule has 0 aliphatic heterocycles. The van der Waals surface area contributed by atoms with Crippen LogP contribution in [0.15, 0.2) is 47.4 Å². The number of aromatic hydroxyl groups is 1. The fourth-order valence-corrected chi connectivity index (χ4v) is 3.19. The third-order valence-electron chi connectivity index (χ3n) is 3.60. The van der Waals surface area contributed by atoms with E-state index >= 15 is 0 Å². The molecule has 0 saturated heterocycles. The van der Waals surface area contributed by atoms with Crippen molar-refractivity contribution < 1.29 is 9.90 Å². The Morgan fingerprint density at radius 3 is 2.61 bits per heavy atom. The van der Waals surface area contributed by atoms with Crippen LogP contribution in [0.3, 0.4) is 0 Å². The van der Waals surface area contributed by atoms with Crippen LogP contribution in [0, 0.1) is 13.8 Å². The second kappa shape index (κ2) is 8.63. The molecule has 0 spiro atoms. The Hall–Kier alpha value is -1.94. The molecule has 0 fully saturated rings. The molecule has 2 rings (SSSR count). The molecule has 0 unspecified atom stereocenters. The summed E-state index contributed by atoms with van der Waals surface area (Å²) >= 11 is 1.59. The van der Waals surface area contributed by atoms with E-state index in [0.717, 1.165) is 12.8 Å². The van der Waals surface area contributed by atoms with Gasteiger partial charge in [-0.1, -0.05) is 29.8 Å². The lowest BCUT2D eigenvalue weighted by molar-refractivity contribution is -0.118. The van der Waals surface area contributed by atoms with E-state index in [0.29, 0.717) is 12.3 Å². The third-order valence-corrected chi connectivity index (χ3v) is 4.76. The number of phenolic OH excluding ortho intramolecular Hbond substituents is 1.